The molecule has 3 rings (SSSR count). The number of thiophene rings is 1. The Bertz CT molecular complexity index is 703. The van der Waals surface area contributed by atoms with Gasteiger partial charge in [-0.05, 0) is 44.7 Å². The molecular weight excluding hydrogens is 308 g/mol. The Morgan fingerprint density at radius 3 is 2.91 bits per heavy atom. The van der Waals surface area contributed by atoms with Crippen LogP contribution in [0, 0.1) is 6.92 Å². The maximum absolute atomic E-state index is 12.2. The maximum Gasteiger partial charge on any atom is 0.271 e. The SMILES string of the molecule is Cc1ccsc1CN1CCn2cc(C(=O)NC(C)C)nc2[C@@H]1C. The van der Waals surface area contributed by atoms with Crippen LogP contribution in [-0.4, -0.2) is 32.9 Å². The molecule has 1 atom stereocenters. The molecule has 0 unspecified atom stereocenters. The van der Waals surface area contributed by atoms with Crippen molar-refractivity contribution >= 4 is 17.2 Å². The first kappa shape index (κ1) is 16.2. The zero-order valence-electron chi connectivity index (χ0n) is 14.2. The fourth-order valence-corrected chi connectivity index (χ4v) is 3.88. The second-order valence-corrected chi connectivity index (χ2v) is 7.48. The Morgan fingerprint density at radius 2 is 2.26 bits per heavy atom. The number of nitrogens with one attached hydrogen (secondary N) is 1. The van der Waals surface area contributed by atoms with Crippen LogP contribution < -0.4 is 5.32 Å². The minimum absolute atomic E-state index is 0.0882. The van der Waals surface area contributed by atoms with E-state index in [0.717, 1.165) is 25.5 Å². The summed E-state index contributed by atoms with van der Waals surface area (Å²) in [5.74, 6) is 0.897. The number of carbonyl (C=O) groups excluding carboxylic acids is 1. The highest BCUT2D eigenvalue weighted by molar-refractivity contribution is 7.10. The van der Waals surface area contributed by atoms with Crippen LogP contribution >= 0.6 is 11.3 Å². The van der Waals surface area contributed by atoms with Crippen LogP contribution in [0.5, 0.6) is 0 Å². The molecule has 1 aliphatic rings. The molecule has 2 aromatic rings. The van der Waals surface area contributed by atoms with E-state index >= 15 is 0 Å². The summed E-state index contributed by atoms with van der Waals surface area (Å²) >= 11 is 1.81. The van der Waals surface area contributed by atoms with E-state index in [1.54, 1.807) is 0 Å². The van der Waals surface area contributed by atoms with Crippen molar-refractivity contribution in [3.63, 3.8) is 0 Å². The van der Waals surface area contributed by atoms with Gasteiger partial charge in [0.25, 0.3) is 5.91 Å². The van der Waals surface area contributed by atoms with Gasteiger partial charge in [-0.15, -0.1) is 11.3 Å². The van der Waals surface area contributed by atoms with Crippen molar-refractivity contribution in [1.29, 1.82) is 0 Å². The van der Waals surface area contributed by atoms with Crippen LogP contribution in [0.25, 0.3) is 0 Å². The Balaban J connectivity index is 1.77. The van der Waals surface area contributed by atoms with Crippen LogP contribution in [0.2, 0.25) is 0 Å². The number of imidazole rings is 1. The molecule has 0 saturated heterocycles. The summed E-state index contributed by atoms with van der Waals surface area (Å²) in [6.07, 6.45) is 1.89. The lowest BCUT2D eigenvalue weighted by Crippen LogP contribution is -2.36. The molecule has 23 heavy (non-hydrogen) atoms. The molecule has 0 bridgehead atoms. The van der Waals surface area contributed by atoms with Crippen molar-refractivity contribution in [2.24, 2.45) is 0 Å². The summed E-state index contributed by atoms with van der Waals surface area (Å²) in [6, 6.07) is 2.51. The van der Waals surface area contributed by atoms with Gasteiger partial charge >= 0.3 is 0 Å². The number of hydrogen-bond acceptors (Lipinski definition) is 4. The fourth-order valence-electron chi connectivity index (χ4n) is 2.95. The van der Waals surface area contributed by atoms with Crippen molar-refractivity contribution in [2.45, 2.75) is 52.9 Å². The highest BCUT2D eigenvalue weighted by Crippen LogP contribution is 2.28. The number of carbonyl (C=O) groups is 1. The average Bonchev–Trinajstić information content (AvgIpc) is 3.08. The first-order valence-electron chi connectivity index (χ1n) is 8.10. The van der Waals surface area contributed by atoms with Gasteiger partial charge in [0.1, 0.15) is 11.5 Å². The Kier molecular flexibility index (Phi) is 4.55. The largest absolute Gasteiger partial charge is 0.348 e. The number of nitrogens with zero attached hydrogens (tertiary/aromatic N) is 3. The fraction of sp³-hybridized carbons (Fsp3) is 0.529. The third-order valence-electron chi connectivity index (χ3n) is 4.32. The molecule has 0 saturated carbocycles. The van der Waals surface area contributed by atoms with E-state index in [4.69, 9.17) is 0 Å². The van der Waals surface area contributed by atoms with E-state index in [1.165, 1.54) is 10.4 Å². The summed E-state index contributed by atoms with van der Waals surface area (Å²) in [5, 5.41) is 5.06. The molecule has 0 fully saturated rings. The van der Waals surface area contributed by atoms with E-state index < -0.39 is 0 Å². The van der Waals surface area contributed by atoms with Gasteiger partial charge in [-0.3, -0.25) is 9.69 Å². The normalized spacial score (nSPS) is 18.2. The summed E-state index contributed by atoms with van der Waals surface area (Å²) in [7, 11) is 0. The molecule has 1 N–H and O–H groups in total. The molecule has 0 aliphatic carbocycles. The summed E-state index contributed by atoms with van der Waals surface area (Å²) in [6.45, 7) is 11.1. The third kappa shape index (κ3) is 3.33. The smallest absolute Gasteiger partial charge is 0.271 e. The van der Waals surface area contributed by atoms with E-state index in [-0.39, 0.29) is 18.0 Å². The van der Waals surface area contributed by atoms with E-state index in [0.29, 0.717) is 5.69 Å². The van der Waals surface area contributed by atoms with Gasteiger partial charge < -0.3 is 9.88 Å². The van der Waals surface area contributed by atoms with Gasteiger partial charge in [0, 0.05) is 36.8 Å². The number of fused-ring (bicyclic) bond motifs is 1. The number of aryl methyl sites for hydroxylation is 1. The van der Waals surface area contributed by atoms with Crippen molar-refractivity contribution in [1.82, 2.24) is 19.8 Å². The molecule has 0 aromatic carbocycles. The summed E-state index contributed by atoms with van der Waals surface area (Å²) in [5.41, 5.74) is 1.88. The van der Waals surface area contributed by atoms with Crippen molar-refractivity contribution in [2.75, 3.05) is 6.54 Å². The minimum atomic E-state index is -0.0882. The predicted octanol–water partition coefficient (Wildman–Crippen LogP) is 2.97. The van der Waals surface area contributed by atoms with Crippen LogP contribution in [-0.2, 0) is 13.1 Å². The predicted molar refractivity (Wildman–Crippen MR) is 92.7 cm³/mol. The van der Waals surface area contributed by atoms with Gasteiger partial charge in [-0.1, -0.05) is 0 Å². The molecule has 2 aromatic heterocycles. The van der Waals surface area contributed by atoms with Crippen LogP contribution in [0.4, 0.5) is 0 Å². The standard InChI is InChI=1S/C17H24N4OS/c1-11(2)18-17(22)14-9-21-7-6-20(13(4)16(21)19-14)10-15-12(3)5-8-23-15/h5,8-9,11,13H,6-7,10H2,1-4H3,(H,18,22)/t13-/m0/s1. The molecule has 5 nitrogen and oxygen atoms in total. The van der Waals surface area contributed by atoms with Crippen molar-refractivity contribution < 1.29 is 4.79 Å². The molecule has 0 radical (unpaired) electrons. The maximum atomic E-state index is 12.2. The monoisotopic (exact) mass is 332 g/mol. The van der Waals surface area contributed by atoms with Gasteiger partial charge in [-0.2, -0.15) is 0 Å². The minimum Gasteiger partial charge on any atom is -0.348 e. The van der Waals surface area contributed by atoms with Crippen molar-refractivity contribution in [3.05, 3.63) is 39.6 Å². The number of aromatic nitrogens is 2. The Morgan fingerprint density at radius 1 is 1.48 bits per heavy atom. The molecular formula is C17H24N4OS. The quantitative estimate of drug-likeness (QED) is 0.936. The van der Waals surface area contributed by atoms with Gasteiger partial charge in [0.2, 0.25) is 0 Å². The molecule has 6 heteroatoms. The van der Waals surface area contributed by atoms with Gasteiger partial charge in [-0.25, -0.2) is 4.98 Å². The molecule has 0 spiro atoms. The second kappa shape index (κ2) is 6.45. The van der Waals surface area contributed by atoms with Crippen LogP contribution in [0.3, 0.4) is 0 Å². The Hall–Kier alpha value is -1.66. The molecule has 124 valence electrons. The lowest BCUT2D eigenvalue weighted by Gasteiger charge is -2.33. The number of amides is 1. The average molecular weight is 332 g/mol. The lowest BCUT2D eigenvalue weighted by atomic mass is 10.2. The van der Waals surface area contributed by atoms with Crippen LogP contribution in [0.1, 0.15) is 53.6 Å². The van der Waals surface area contributed by atoms with Crippen LogP contribution in [0.15, 0.2) is 17.6 Å². The van der Waals surface area contributed by atoms with E-state index in [9.17, 15) is 4.79 Å². The first-order chi connectivity index (χ1) is 11.0. The number of rotatable bonds is 4. The third-order valence-corrected chi connectivity index (χ3v) is 5.33. The molecule has 1 amide bonds. The van der Waals surface area contributed by atoms with Gasteiger partial charge in [0.15, 0.2) is 0 Å². The summed E-state index contributed by atoms with van der Waals surface area (Å²) in [4.78, 5) is 20.6. The number of hydrogen-bond donors (Lipinski definition) is 1. The second-order valence-electron chi connectivity index (χ2n) is 6.48. The van der Waals surface area contributed by atoms with Crippen molar-refractivity contribution in [3.8, 4) is 0 Å². The van der Waals surface area contributed by atoms with E-state index in [1.807, 2.05) is 31.4 Å². The first-order valence-corrected chi connectivity index (χ1v) is 8.98. The highest BCUT2D eigenvalue weighted by atomic mass is 32.1. The van der Waals surface area contributed by atoms with E-state index in [2.05, 4.69) is 45.1 Å². The highest BCUT2D eigenvalue weighted by Gasteiger charge is 2.28. The Labute approximate surface area is 141 Å². The molecule has 3 heterocycles. The topological polar surface area (TPSA) is 50.2 Å². The zero-order valence-corrected chi connectivity index (χ0v) is 15.0. The van der Waals surface area contributed by atoms with Gasteiger partial charge in [0.05, 0.1) is 6.04 Å². The lowest BCUT2D eigenvalue weighted by molar-refractivity contribution is 0.0938. The zero-order chi connectivity index (χ0) is 16.6. The molecule has 1 aliphatic heterocycles. The summed E-state index contributed by atoms with van der Waals surface area (Å²) < 4.78 is 2.12.